The number of nitrogens with zero attached hydrogens (tertiary/aromatic N) is 2. The zero-order chi connectivity index (χ0) is 17.1. The maximum absolute atomic E-state index is 11.1. The van der Waals surface area contributed by atoms with E-state index in [-0.39, 0.29) is 0 Å². The van der Waals surface area contributed by atoms with Crippen LogP contribution in [-0.2, 0) is 6.54 Å². The van der Waals surface area contributed by atoms with Crippen LogP contribution in [0.4, 0.5) is 4.79 Å². The van der Waals surface area contributed by atoms with E-state index in [1.165, 1.54) is 10.8 Å². The molecule has 0 radical (unpaired) electrons. The fourth-order valence-electron chi connectivity index (χ4n) is 2.41. The molecule has 3 rings (SSSR count). The van der Waals surface area contributed by atoms with E-state index in [1.54, 1.807) is 30.5 Å². The molecule has 0 spiro atoms. The first-order chi connectivity index (χ1) is 11.5. The van der Waals surface area contributed by atoms with Crippen LogP contribution in [0.3, 0.4) is 0 Å². The maximum atomic E-state index is 11.1. The Bertz CT molecular complexity index is 871. The van der Waals surface area contributed by atoms with Gasteiger partial charge in [0.15, 0.2) is 0 Å². The highest BCUT2D eigenvalue weighted by Crippen LogP contribution is 2.26. The molecule has 1 aromatic carbocycles. The molecule has 0 saturated carbocycles. The van der Waals surface area contributed by atoms with Gasteiger partial charge in [-0.1, -0.05) is 13.8 Å². The highest BCUT2D eigenvalue weighted by molar-refractivity contribution is 5.89. The van der Waals surface area contributed by atoms with Gasteiger partial charge < -0.3 is 15.2 Å². The molecule has 3 aromatic rings. The van der Waals surface area contributed by atoms with Crippen LogP contribution < -0.4 is 10.1 Å². The lowest BCUT2D eigenvalue weighted by Gasteiger charge is -2.10. The van der Waals surface area contributed by atoms with Crippen molar-refractivity contribution in [2.24, 2.45) is 0 Å². The van der Waals surface area contributed by atoms with E-state index in [0.29, 0.717) is 29.6 Å². The van der Waals surface area contributed by atoms with Crippen LogP contribution in [0, 0.1) is 0 Å². The van der Waals surface area contributed by atoms with E-state index in [1.807, 2.05) is 12.1 Å². The zero-order valence-corrected chi connectivity index (χ0v) is 13.6. The third kappa shape index (κ3) is 3.55. The number of hydrogen-bond acceptors (Lipinski definition) is 4. The average molecular weight is 325 g/mol. The molecule has 0 atom stereocenters. The molecule has 0 aliphatic heterocycles. The van der Waals surface area contributed by atoms with E-state index in [0.717, 1.165) is 11.1 Å². The monoisotopic (exact) mass is 325 g/mol. The summed E-state index contributed by atoms with van der Waals surface area (Å²) < 4.78 is 7.06. The van der Waals surface area contributed by atoms with Gasteiger partial charge in [-0.25, -0.2) is 4.79 Å². The van der Waals surface area contributed by atoms with Gasteiger partial charge in [0.25, 0.3) is 0 Å². The molecule has 0 saturated heterocycles. The van der Waals surface area contributed by atoms with Crippen molar-refractivity contribution >= 4 is 17.0 Å². The van der Waals surface area contributed by atoms with E-state index in [9.17, 15) is 4.79 Å². The molecule has 2 N–H and O–H groups in total. The minimum atomic E-state index is -1.00. The Morgan fingerprint density at radius 1 is 1.25 bits per heavy atom. The summed E-state index contributed by atoms with van der Waals surface area (Å²) in [6.45, 7) is 4.84. The summed E-state index contributed by atoms with van der Waals surface area (Å²) in [4.78, 5) is 15.4. The zero-order valence-electron chi connectivity index (χ0n) is 13.6. The number of carbonyl (C=O) groups is 1. The first kappa shape index (κ1) is 16.0. The number of pyridine rings is 1. The topological polar surface area (TPSA) is 76.4 Å². The largest absolute Gasteiger partial charge is 0.464 e. The fraction of sp³-hybridized carbons (Fsp3) is 0.222. The summed E-state index contributed by atoms with van der Waals surface area (Å²) in [6.07, 6.45) is 2.24. The number of carboxylic acid groups (broad SMARTS) is 1. The van der Waals surface area contributed by atoms with Gasteiger partial charge in [-0.15, -0.1) is 0 Å². The molecule has 0 fully saturated rings. The van der Waals surface area contributed by atoms with Crippen LogP contribution in [0.2, 0.25) is 0 Å². The summed E-state index contributed by atoms with van der Waals surface area (Å²) >= 11 is 0. The number of hydrogen-bond donors (Lipinski definition) is 2. The predicted octanol–water partition coefficient (Wildman–Crippen LogP) is 3.85. The van der Waals surface area contributed by atoms with Gasteiger partial charge in [0.1, 0.15) is 11.5 Å². The molecule has 24 heavy (non-hydrogen) atoms. The van der Waals surface area contributed by atoms with E-state index < -0.39 is 6.09 Å². The average Bonchev–Trinajstić information content (AvgIpc) is 2.96. The second kappa shape index (κ2) is 6.72. The van der Waals surface area contributed by atoms with Crippen molar-refractivity contribution in [2.75, 3.05) is 0 Å². The Kier molecular flexibility index (Phi) is 4.48. The molecule has 6 nitrogen and oxygen atoms in total. The number of rotatable bonds is 5. The normalized spacial score (nSPS) is 11.1. The van der Waals surface area contributed by atoms with Crippen LogP contribution >= 0.6 is 0 Å². The Morgan fingerprint density at radius 3 is 2.79 bits per heavy atom. The summed E-state index contributed by atoms with van der Waals surface area (Å²) in [6, 6.07) is 11.1. The van der Waals surface area contributed by atoms with Crippen molar-refractivity contribution in [1.82, 2.24) is 14.9 Å². The molecule has 0 amide bonds. The van der Waals surface area contributed by atoms with Crippen molar-refractivity contribution in [3.8, 4) is 11.5 Å². The Balaban J connectivity index is 1.79. The van der Waals surface area contributed by atoms with Crippen LogP contribution in [0.1, 0.15) is 19.5 Å². The van der Waals surface area contributed by atoms with Gasteiger partial charge in [0.2, 0.25) is 0 Å². The molecular weight excluding hydrogens is 306 g/mol. The smallest absolute Gasteiger partial charge is 0.415 e. The van der Waals surface area contributed by atoms with Crippen molar-refractivity contribution in [1.29, 1.82) is 0 Å². The van der Waals surface area contributed by atoms with Gasteiger partial charge in [-0.05, 0) is 30.3 Å². The van der Waals surface area contributed by atoms with E-state index in [4.69, 9.17) is 9.84 Å². The Hall–Kier alpha value is -2.86. The van der Waals surface area contributed by atoms with Crippen LogP contribution in [0.15, 0.2) is 48.8 Å². The first-order valence-electron chi connectivity index (χ1n) is 7.73. The molecule has 2 aromatic heterocycles. The SMILES string of the molecule is CC(C)NCc1cc(Oc2ccc3c(ccn3C(=O)O)c2)ccn1. The highest BCUT2D eigenvalue weighted by atomic mass is 16.5. The fourth-order valence-corrected chi connectivity index (χ4v) is 2.41. The van der Waals surface area contributed by atoms with Crippen molar-refractivity contribution in [3.05, 3.63) is 54.5 Å². The lowest BCUT2D eigenvalue weighted by atomic mass is 10.2. The molecular formula is C18H19N3O3. The minimum Gasteiger partial charge on any atom is -0.464 e. The van der Waals surface area contributed by atoms with Crippen LogP contribution in [-0.4, -0.2) is 26.8 Å². The molecule has 0 aliphatic rings. The standard InChI is InChI=1S/C18H19N3O3/c1-12(2)20-11-14-10-16(5-7-19-14)24-15-3-4-17-13(9-15)6-8-21(17)18(22)23/h3-10,12,20H,11H2,1-2H3,(H,22,23). The van der Waals surface area contributed by atoms with Gasteiger partial charge in [-0.3, -0.25) is 9.55 Å². The molecule has 2 heterocycles. The predicted molar refractivity (Wildman–Crippen MR) is 91.6 cm³/mol. The van der Waals surface area contributed by atoms with Crippen LogP contribution in [0.5, 0.6) is 11.5 Å². The van der Waals surface area contributed by atoms with Crippen LogP contribution in [0.25, 0.3) is 10.9 Å². The third-order valence-electron chi connectivity index (χ3n) is 3.58. The number of fused-ring (bicyclic) bond motifs is 1. The molecule has 124 valence electrons. The van der Waals surface area contributed by atoms with E-state index >= 15 is 0 Å². The summed E-state index contributed by atoms with van der Waals surface area (Å²) in [7, 11) is 0. The number of benzene rings is 1. The molecule has 0 bridgehead atoms. The van der Waals surface area contributed by atoms with Gasteiger partial charge >= 0.3 is 6.09 Å². The molecule has 0 unspecified atom stereocenters. The van der Waals surface area contributed by atoms with Gasteiger partial charge in [-0.2, -0.15) is 0 Å². The summed E-state index contributed by atoms with van der Waals surface area (Å²) in [5.74, 6) is 1.35. The quantitative estimate of drug-likeness (QED) is 0.745. The van der Waals surface area contributed by atoms with Gasteiger partial charge in [0.05, 0.1) is 11.2 Å². The first-order valence-corrected chi connectivity index (χ1v) is 7.73. The Morgan fingerprint density at radius 2 is 2.04 bits per heavy atom. The van der Waals surface area contributed by atoms with Crippen molar-refractivity contribution < 1.29 is 14.6 Å². The van der Waals surface area contributed by atoms with Crippen molar-refractivity contribution in [3.63, 3.8) is 0 Å². The molecule has 0 aliphatic carbocycles. The second-order valence-electron chi connectivity index (χ2n) is 5.81. The summed E-state index contributed by atoms with van der Waals surface area (Å²) in [5, 5.41) is 13.2. The number of nitrogens with one attached hydrogen (secondary N) is 1. The number of aromatic nitrogens is 2. The minimum absolute atomic E-state index is 0.386. The highest BCUT2D eigenvalue weighted by Gasteiger charge is 2.08. The lowest BCUT2D eigenvalue weighted by Crippen LogP contribution is -2.22. The second-order valence-corrected chi connectivity index (χ2v) is 5.81. The van der Waals surface area contributed by atoms with E-state index in [2.05, 4.69) is 24.1 Å². The number of ether oxygens (including phenoxy) is 1. The lowest BCUT2D eigenvalue weighted by molar-refractivity contribution is 0.197. The maximum Gasteiger partial charge on any atom is 0.415 e. The van der Waals surface area contributed by atoms with Gasteiger partial charge in [0, 0.05) is 36.4 Å². The Labute approximate surface area is 139 Å². The van der Waals surface area contributed by atoms with Crippen molar-refractivity contribution in [2.45, 2.75) is 26.4 Å². The molecule has 6 heteroatoms. The third-order valence-corrected chi connectivity index (χ3v) is 3.58. The summed E-state index contributed by atoms with van der Waals surface area (Å²) in [5.41, 5.74) is 1.53.